The second-order valence-corrected chi connectivity index (χ2v) is 11.7. The molecule has 0 aliphatic carbocycles. The van der Waals surface area contributed by atoms with Crippen LogP contribution < -0.4 is 0 Å². The van der Waals surface area contributed by atoms with Gasteiger partial charge in [0.1, 0.15) is 18.8 Å². The molecule has 218 valence electrons. The number of esters is 4. The third-order valence-electron chi connectivity index (χ3n) is 5.90. The van der Waals surface area contributed by atoms with Crippen LogP contribution in [0.3, 0.4) is 0 Å². The Balaban J connectivity index is 2.23. The Labute approximate surface area is 247 Å². The fourth-order valence-electron chi connectivity index (χ4n) is 4.38. The molecule has 1 aromatic heterocycles. The van der Waals surface area contributed by atoms with E-state index >= 15 is 0 Å². The van der Waals surface area contributed by atoms with Gasteiger partial charge in [-0.15, -0.1) is 11.3 Å². The van der Waals surface area contributed by atoms with Crippen LogP contribution in [0.2, 0.25) is 5.02 Å². The average Bonchev–Trinajstić information content (AvgIpc) is 3.31. The van der Waals surface area contributed by atoms with E-state index in [1.165, 1.54) is 43.6 Å². The van der Waals surface area contributed by atoms with E-state index in [1.54, 1.807) is 12.1 Å². The normalized spacial score (nSPS) is 25.0. The molecular weight excluding hydrogens is 636 g/mol. The monoisotopic (exact) mass is 662 g/mol. The van der Waals surface area contributed by atoms with Crippen molar-refractivity contribution in [3.05, 3.63) is 55.1 Å². The molecule has 1 aromatic carbocycles. The van der Waals surface area contributed by atoms with Gasteiger partial charge in [0.25, 0.3) is 0 Å². The molecule has 2 heterocycles. The molecule has 11 nitrogen and oxygen atoms in total. The lowest BCUT2D eigenvalue weighted by Gasteiger charge is -2.50. The standard InChI is InChI=1S/C26H28BrClO11S/c1-12(29)35-11-19-23(36-13(2)30)24(37-14(3)31)25(38-15(4)32)26(34-5,39-19)16-6-7-18(28)17(10-16)22(33)20-8-9-21(27)40-20/h6-10,19,22-25,33H,11H2,1-5H3/t19-,22?,23-,24+,25-,26?/m1/s1. The van der Waals surface area contributed by atoms with Crippen molar-refractivity contribution in [2.24, 2.45) is 0 Å². The van der Waals surface area contributed by atoms with Crippen molar-refractivity contribution in [3.63, 3.8) is 0 Å². The Hall–Kier alpha value is -2.55. The van der Waals surface area contributed by atoms with Crippen LogP contribution in [0.4, 0.5) is 0 Å². The number of carbonyl (C=O) groups is 4. The van der Waals surface area contributed by atoms with Gasteiger partial charge >= 0.3 is 23.9 Å². The van der Waals surface area contributed by atoms with Crippen LogP contribution in [-0.2, 0) is 53.4 Å². The van der Waals surface area contributed by atoms with E-state index in [0.717, 1.165) is 24.6 Å². The van der Waals surface area contributed by atoms with Crippen LogP contribution in [0.5, 0.6) is 0 Å². The van der Waals surface area contributed by atoms with Gasteiger partial charge in [0.05, 0.1) is 3.79 Å². The molecule has 1 aliphatic heterocycles. The number of hydrogen-bond acceptors (Lipinski definition) is 12. The first-order valence-electron chi connectivity index (χ1n) is 11.9. The second-order valence-electron chi connectivity index (χ2n) is 8.79. The van der Waals surface area contributed by atoms with E-state index in [2.05, 4.69) is 15.9 Å². The molecule has 3 rings (SSSR count). The predicted octanol–water partition coefficient (Wildman–Crippen LogP) is 3.80. The number of hydrogen-bond donors (Lipinski definition) is 1. The highest BCUT2D eigenvalue weighted by atomic mass is 79.9. The molecule has 0 spiro atoms. The molecule has 40 heavy (non-hydrogen) atoms. The van der Waals surface area contributed by atoms with E-state index in [0.29, 0.717) is 4.88 Å². The highest BCUT2D eigenvalue weighted by Gasteiger charge is 2.61. The maximum Gasteiger partial charge on any atom is 0.303 e. The highest BCUT2D eigenvalue weighted by Crippen LogP contribution is 2.45. The van der Waals surface area contributed by atoms with Gasteiger partial charge in [-0.25, -0.2) is 0 Å². The van der Waals surface area contributed by atoms with Gasteiger partial charge in [0.2, 0.25) is 11.9 Å². The summed E-state index contributed by atoms with van der Waals surface area (Å²) in [6.45, 7) is 4.12. The molecule has 0 saturated carbocycles. The van der Waals surface area contributed by atoms with Crippen molar-refractivity contribution in [3.8, 4) is 0 Å². The first kappa shape index (κ1) is 32.0. The Bertz CT molecular complexity index is 1270. The van der Waals surface area contributed by atoms with Crippen molar-refractivity contribution in [1.29, 1.82) is 0 Å². The molecular formula is C26H28BrClO11S. The number of rotatable bonds is 9. The lowest BCUT2D eigenvalue weighted by atomic mass is 9.86. The lowest BCUT2D eigenvalue weighted by Crippen LogP contribution is -2.67. The Kier molecular flexibility index (Phi) is 10.7. The summed E-state index contributed by atoms with van der Waals surface area (Å²) in [6, 6.07) is 8.01. The summed E-state index contributed by atoms with van der Waals surface area (Å²) in [5, 5.41) is 11.4. The van der Waals surface area contributed by atoms with Crippen LogP contribution in [-0.4, -0.2) is 67.1 Å². The van der Waals surface area contributed by atoms with Gasteiger partial charge in [0.15, 0.2) is 12.2 Å². The van der Waals surface area contributed by atoms with E-state index in [1.807, 2.05) is 0 Å². The fourth-order valence-corrected chi connectivity index (χ4v) is 6.03. The Morgan fingerprint density at radius 2 is 1.62 bits per heavy atom. The molecule has 1 aliphatic rings. The van der Waals surface area contributed by atoms with Gasteiger partial charge < -0.3 is 33.5 Å². The minimum absolute atomic E-state index is 0.210. The SMILES string of the molecule is COC1(c2ccc(Cl)c(C(O)c3ccc(Br)s3)c2)O[C@H](COC(C)=O)[C@@H](OC(C)=O)[C@H](OC(C)=O)[C@H]1OC(C)=O. The summed E-state index contributed by atoms with van der Waals surface area (Å²) >= 11 is 11.1. The van der Waals surface area contributed by atoms with Crippen molar-refractivity contribution >= 4 is 62.7 Å². The Morgan fingerprint density at radius 1 is 1.00 bits per heavy atom. The van der Waals surface area contributed by atoms with Crippen molar-refractivity contribution < 1.29 is 52.7 Å². The minimum atomic E-state index is -2.01. The number of aliphatic hydroxyl groups is 1. The molecule has 0 radical (unpaired) electrons. The van der Waals surface area contributed by atoms with Gasteiger partial charge in [-0.05, 0) is 40.2 Å². The summed E-state index contributed by atoms with van der Waals surface area (Å²) in [4.78, 5) is 48.8. The summed E-state index contributed by atoms with van der Waals surface area (Å²) < 4.78 is 34.7. The number of ether oxygens (including phenoxy) is 6. The lowest BCUT2D eigenvalue weighted by molar-refractivity contribution is -0.367. The molecule has 1 fully saturated rings. The zero-order valence-corrected chi connectivity index (χ0v) is 25.3. The molecule has 2 unspecified atom stereocenters. The molecule has 1 saturated heterocycles. The number of halogens is 2. The first-order chi connectivity index (χ1) is 18.8. The van der Waals surface area contributed by atoms with Crippen LogP contribution in [0.25, 0.3) is 0 Å². The second kappa shape index (κ2) is 13.4. The van der Waals surface area contributed by atoms with Crippen LogP contribution in [0, 0.1) is 0 Å². The van der Waals surface area contributed by atoms with Gasteiger partial charge in [-0.1, -0.05) is 17.7 Å². The topological polar surface area (TPSA) is 144 Å². The van der Waals surface area contributed by atoms with E-state index in [-0.39, 0.29) is 16.1 Å². The van der Waals surface area contributed by atoms with Crippen molar-refractivity contribution in [2.75, 3.05) is 13.7 Å². The van der Waals surface area contributed by atoms with E-state index in [4.69, 9.17) is 40.0 Å². The minimum Gasteiger partial charge on any atom is -0.463 e. The van der Waals surface area contributed by atoms with Gasteiger partial charge in [-0.3, -0.25) is 19.2 Å². The third-order valence-corrected chi connectivity index (χ3v) is 7.92. The molecule has 0 amide bonds. The number of benzene rings is 1. The third kappa shape index (κ3) is 7.20. The van der Waals surface area contributed by atoms with Crippen LogP contribution in [0.15, 0.2) is 34.1 Å². The zero-order chi connectivity index (χ0) is 29.8. The molecule has 14 heteroatoms. The quantitative estimate of drug-likeness (QED) is 0.309. The molecule has 2 aromatic rings. The highest BCUT2D eigenvalue weighted by molar-refractivity contribution is 9.11. The first-order valence-corrected chi connectivity index (χ1v) is 13.9. The number of thiophene rings is 1. The Morgan fingerprint density at radius 3 is 2.15 bits per heavy atom. The molecule has 6 atom stereocenters. The maximum atomic E-state index is 12.3. The fraction of sp³-hybridized carbons (Fsp3) is 0.462. The largest absolute Gasteiger partial charge is 0.463 e. The summed E-state index contributed by atoms with van der Waals surface area (Å²) in [5.74, 6) is -5.00. The number of aliphatic hydroxyl groups excluding tert-OH is 1. The van der Waals surface area contributed by atoms with Gasteiger partial charge in [-0.2, -0.15) is 0 Å². The molecule has 1 N–H and O–H groups in total. The summed E-state index contributed by atoms with van der Waals surface area (Å²) in [7, 11) is 1.26. The van der Waals surface area contributed by atoms with Crippen molar-refractivity contribution in [1.82, 2.24) is 0 Å². The van der Waals surface area contributed by atoms with E-state index in [9.17, 15) is 24.3 Å². The zero-order valence-electron chi connectivity index (χ0n) is 22.2. The predicted molar refractivity (Wildman–Crippen MR) is 144 cm³/mol. The van der Waals surface area contributed by atoms with Crippen molar-refractivity contribution in [2.45, 2.75) is 64.0 Å². The molecule has 0 bridgehead atoms. The van der Waals surface area contributed by atoms with Gasteiger partial charge in [0, 0.05) is 55.8 Å². The van der Waals surface area contributed by atoms with E-state index < -0.39 is 66.8 Å². The maximum absolute atomic E-state index is 12.3. The summed E-state index contributed by atoms with van der Waals surface area (Å²) in [6.07, 6.45) is -6.76. The smallest absolute Gasteiger partial charge is 0.303 e. The number of carbonyl (C=O) groups excluding carboxylic acids is 4. The summed E-state index contributed by atoms with van der Waals surface area (Å²) in [5.41, 5.74) is 0.486. The average molecular weight is 664 g/mol. The number of methoxy groups -OCH3 is 1. The van der Waals surface area contributed by atoms with Crippen LogP contribution in [0.1, 0.15) is 49.8 Å². The van der Waals surface area contributed by atoms with Crippen LogP contribution >= 0.6 is 38.9 Å².